The fraction of sp³-hybridized carbons (Fsp3) is 0.429. The van der Waals surface area contributed by atoms with Gasteiger partial charge in [-0.3, -0.25) is 9.59 Å². The first kappa shape index (κ1) is 15.4. The van der Waals surface area contributed by atoms with Crippen LogP contribution in [0.4, 0.5) is 0 Å². The second-order valence-corrected chi connectivity index (χ2v) is 6.26. The first-order valence-electron chi connectivity index (χ1n) is 6.82. The molecular formula is C14H14Cl2N2O4. The number of benzene rings is 1. The molecule has 0 aromatic heterocycles. The largest absolute Gasteiger partial charge is 0.508 e. The second kappa shape index (κ2) is 5.61. The van der Waals surface area contributed by atoms with Gasteiger partial charge in [-0.1, -0.05) is 23.2 Å². The van der Waals surface area contributed by atoms with Gasteiger partial charge in [0.25, 0.3) is 0 Å². The number of fused-ring (bicyclic) bond motifs is 1. The molecule has 1 aromatic carbocycles. The molecule has 6 nitrogen and oxygen atoms in total. The van der Waals surface area contributed by atoms with E-state index in [2.05, 4.69) is 5.32 Å². The lowest BCUT2D eigenvalue weighted by Crippen LogP contribution is -2.62. The maximum absolute atomic E-state index is 12.2. The molecule has 2 saturated heterocycles. The SMILES string of the molecule is O=C1N[C@H](CO)C(=O)N2CC(c3c(O)ccc(Cl)c3Cl)CC12. The van der Waals surface area contributed by atoms with Crippen molar-refractivity contribution in [3.05, 3.63) is 27.7 Å². The van der Waals surface area contributed by atoms with Crippen LogP contribution in [-0.4, -0.2) is 52.2 Å². The summed E-state index contributed by atoms with van der Waals surface area (Å²) in [5.74, 6) is -0.930. The highest BCUT2D eigenvalue weighted by molar-refractivity contribution is 6.42. The lowest BCUT2D eigenvalue weighted by molar-refractivity contribution is -0.148. The van der Waals surface area contributed by atoms with Crippen LogP contribution in [0.1, 0.15) is 17.9 Å². The highest BCUT2D eigenvalue weighted by atomic mass is 35.5. The van der Waals surface area contributed by atoms with Crippen molar-refractivity contribution in [2.75, 3.05) is 13.2 Å². The number of carbonyl (C=O) groups excluding carboxylic acids is 2. The molecule has 2 unspecified atom stereocenters. The summed E-state index contributed by atoms with van der Waals surface area (Å²) in [6.45, 7) is -0.192. The molecule has 3 rings (SSSR count). The van der Waals surface area contributed by atoms with Crippen molar-refractivity contribution >= 4 is 35.0 Å². The minimum atomic E-state index is -0.911. The third-order valence-corrected chi connectivity index (χ3v) is 5.02. The zero-order chi connectivity index (χ0) is 16.0. The van der Waals surface area contributed by atoms with Crippen molar-refractivity contribution in [3.8, 4) is 5.75 Å². The Bertz CT molecular complexity index is 652. The summed E-state index contributed by atoms with van der Waals surface area (Å²) in [7, 11) is 0. The molecule has 118 valence electrons. The third kappa shape index (κ3) is 2.31. The number of aromatic hydroxyl groups is 1. The van der Waals surface area contributed by atoms with E-state index < -0.39 is 18.7 Å². The molecule has 2 aliphatic heterocycles. The number of hydrogen-bond donors (Lipinski definition) is 3. The number of phenolic OH excluding ortho intramolecular Hbond substituents is 1. The van der Waals surface area contributed by atoms with E-state index in [0.29, 0.717) is 17.0 Å². The quantitative estimate of drug-likeness (QED) is 0.742. The minimum Gasteiger partial charge on any atom is -0.508 e. The van der Waals surface area contributed by atoms with Crippen LogP contribution in [0.3, 0.4) is 0 Å². The number of amides is 2. The molecule has 0 saturated carbocycles. The van der Waals surface area contributed by atoms with Crippen LogP contribution in [0.25, 0.3) is 0 Å². The van der Waals surface area contributed by atoms with Crippen LogP contribution in [0.5, 0.6) is 5.75 Å². The van der Waals surface area contributed by atoms with Gasteiger partial charge in [0.15, 0.2) is 0 Å². The summed E-state index contributed by atoms with van der Waals surface area (Å²) in [5, 5.41) is 22.3. The number of nitrogens with one attached hydrogen (secondary N) is 1. The smallest absolute Gasteiger partial charge is 0.248 e. The lowest BCUT2D eigenvalue weighted by atomic mass is 9.95. The van der Waals surface area contributed by atoms with E-state index in [-0.39, 0.29) is 35.0 Å². The number of phenols is 1. The molecular weight excluding hydrogens is 331 g/mol. The van der Waals surface area contributed by atoms with Gasteiger partial charge in [0.2, 0.25) is 11.8 Å². The van der Waals surface area contributed by atoms with Gasteiger partial charge in [-0.05, 0) is 18.6 Å². The summed E-state index contributed by atoms with van der Waals surface area (Å²) >= 11 is 12.2. The number of hydrogen-bond acceptors (Lipinski definition) is 4. The van der Waals surface area contributed by atoms with Gasteiger partial charge < -0.3 is 20.4 Å². The highest BCUT2D eigenvalue weighted by Crippen LogP contribution is 2.43. The Balaban J connectivity index is 1.93. The maximum Gasteiger partial charge on any atom is 0.248 e. The Morgan fingerprint density at radius 1 is 1.32 bits per heavy atom. The Morgan fingerprint density at radius 2 is 2.05 bits per heavy atom. The van der Waals surface area contributed by atoms with Crippen molar-refractivity contribution in [2.45, 2.75) is 24.4 Å². The molecule has 0 aliphatic carbocycles. The average molecular weight is 345 g/mol. The number of aliphatic hydroxyl groups is 1. The second-order valence-electron chi connectivity index (χ2n) is 5.48. The van der Waals surface area contributed by atoms with Crippen LogP contribution < -0.4 is 5.32 Å². The molecule has 2 heterocycles. The normalized spacial score (nSPS) is 27.8. The summed E-state index contributed by atoms with van der Waals surface area (Å²) in [4.78, 5) is 25.7. The fourth-order valence-corrected chi connectivity index (χ4v) is 3.61. The predicted octanol–water partition coefficient (Wildman–Crippen LogP) is 0.874. The first-order valence-corrected chi connectivity index (χ1v) is 7.58. The zero-order valence-electron chi connectivity index (χ0n) is 11.4. The Labute approximate surface area is 136 Å². The number of rotatable bonds is 2. The van der Waals surface area contributed by atoms with Crippen molar-refractivity contribution < 1.29 is 19.8 Å². The molecule has 2 aliphatic rings. The van der Waals surface area contributed by atoms with Gasteiger partial charge in [0.05, 0.1) is 16.7 Å². The first-order chi connectivity index (χ1) is 10.4. The minimum absolute atomic E-state index is 0.00851. The molecule has 22 heavy (non-hydrogen) atoms. The third-order valence-electron chi connectivity index (χ3n) is 4.20. The van der Waals surface area contributed by atoms with Crippen molar-refractivity contribution in [3.63, 3.8) is 0 Å². The summed E-state index contributed by atoms with van der Waals surface area (Å²) < 4.78 is 0. The van der Waals surface area contributed by atoms with Gasteiger partial charge in [0, 0.05) is 18.0 Å². The Morgan fingerprint density at radius 3 is 2.73 bits per heavy atom. The standard InChI is InChI=1S/C14H14Cl2N2O4/c15-7-1-2-10(20)11(12(7)16)6-3-9-13(21)17-8(5-19)14(22)18(9)4-6/h1-2,6,8-9,19-20H,3-5H2,(H,17,21)/t6?,8-,9?/m1/s1. The number of carbonyl (C=O) groups is 2. The lowest BCUT2D eigenvalue weighted by Gasteiger charge is -2.33. The molecule has 8 heteroatoms. The molecule has 0 radical (unpaired) electrons. The average Bonchev–Trinajstić information content (AvgIpc) is 2.93. The van der Waals surface area contributed by atoms with Crippen molar-refractivity contribution in [1.82, 2.24) is 10.2 Å². The van der Waals surface area contributed by atoms with Crippen LogP contribution in [0.2, 0.25) is 10.0 Å². The maximum atomic E-state index is 12.2. The topological polar surface area (TPSA) is 89.9 Å². The van der Waals surface area contributed by atoms with Gasteiger partial charge in [-0.15, -0.1) is 0 Å². The van der Waals surface area contributed by atoms with Crippen LogP contribution in [0.15, 0.2) is 12.1 Å². The van der Waals surface area contributed by atoms with Crippen molar-refractivity contribution in [2.24, 2.45) is 0 Å². The van der Waals surface area contributed by atoms with E-state index in [0.717, 1.165) is 0 Å². The molecule has 1 aromatic rings. The molecule has 2 amide bonds. The van der Waals surface area contributed by atoms with Gasteiger partial charge in [-0.2, -0.15) is 0 Å². The molecule has 2 fully saturated rings. The Hall–Kier alpha value is -1.50. The number of halogens is 2. The van der Waals surface area contributed by atoms with E-state index in [1.165, 1.54) is 17.0 Å². The number of nitrogens with zero attached hydrogens (tertiary/aromatic N) is 1. The molecule has 0 spiro atoms. The summed E-state index contributed by atoms with van der Waals surface area (Å²) in [6, 6.07) is 1.41. The molecule has 0 bridgehead atoms. The summed E-state index contributed by atoms with van der Waals surface area (Å²) in [5.41, 5.74) is 0.449. The fourth-order valence-electron chi connectivity index (χ4n) is 3.14. The van der Waals surface area contributed by atoms with E-state index in [4.69, 9.17) is 28.3 Å². The number of piperazine rings is 1. The Kier molecular flexibility index (Phi) is 3.92. The van der Waals surface area contributed by atoms with Crippen LogP contribution in [0, 0.1) is 0 Å². The zero-order valence-corrected chi connectivity index (χ0v) is 12.9. The van der Waals surface area contributed by atoms with Crippen LogP contribution >= 0.6 is 23.2 Å². The monoisotopic (exact) mass is 344 g/mol. The van der Waals surface area contributed by atoms with Crippen molar-refractivity contribution in [1.29, 1.82) is 0 Å². The van der Waals surface area contributed by atoms with Crippen LogP contribution in [-0.2, 0) is 9.59 Å². The highest BCUT2D eigenvalue weighted by Gasteiger charge is 2.47. The molecule has 3 atom stereocenters. The van der Waals surface area contributed by atoms with Gasteiger partial charge >= 0.3 is 0 Å². The van der Waals surface area contributed by atoms with E-state index in [9.17, 15) is 14.7 Å². The summed E-state index contributed by atoms with van der Waals surface area (Å²) in [6.07, 6.45) is 0.351. The van der Waals surface area contributed by atoms with Gasteiger partial charge in [0.1, 0.15) is 17.8 Å². The van der Waals surface area contributed by atoms with E-state index >= 15 is 0 Å². The van der Waals surface area contributed by atoms with E-state index in [1.54, 1.807) is 0 Å². The number of aliphatic hydroxyl groups excluding tert-OH is 1. The molecule has 3 N–H and O–H groups in total. The van der Waals surface area contributed by atoms with Gasteiger partial charge in [-0.25, -0.2) is 0 Å². The predicted molar refractivity (Wildman–Crippen MR) is 80.0 cm³/mol. The van der Waals surface area contributed by atoms with E-state index in [1.807, 2.05) is 0 Å².